The van der Waals surface area contributed by atoms with Crippen molar-refractivity contribution in [2.24, 2.45) is 5.92 Å². The minimum Gasteiger partial charge on any atom is -0.493 e. The van der Waals surface area contributed by atoms with Crippen molar-refractivity contribution >= 4 is 11.6 Å². The van der Waals surface area contributed by atoms with Gasteiger partial charge in [0.2, 0.25) is 5.88 Å². The summed E-state index contributed by atoms with van der Waals surface area (Å²) in [6.45, 7) is 0.278. The van der Waals surface area contributed by atoms with Crippen LogP contribution < -0.4 is 5.32 Å². The number of nitrogens with zero attached hydrogens (tertiary/aromatic N) is 3. The Hall–Kier alpha value is -2.58. The van der Waals surface area contributed by atoms with Gasteiger partial charge in [-0.05, 0) is 24.8 Å². The number of aromatic nitrogens is 3. The lowest BCUT2D eigenvalue weighted by Gasteiger charge is -2.17. The van der Waals surface area contributed by atoms with Crippen molar-refractivity contribution < 1.29 is 23.1 Å². The highest BCUT2D eigenvalue weighted by Crippen LogP contribution is 2.33. The molecule has 1 aliphatic rings. The topological polar surface area (TPSA) is 80.0 Å². The van der Waals surface area contributed by atoms with Crippen molar-refractivity contribution in [3.05, 3.63) is 35.8 Å². The SMILES string of the molecule is O=C(Nc1ccnc(O)c1)c1c(C(F)(F)F)cnn1CC1CCCCCC1. The average Bonchev–Trinajstić information content (AvgIpc) is 2.84. The molecule has 146 valence electrons. The number of aromatic hydroxyl groups is 1. The Kier molecular flexibility index (Phi) is 5.67. The molecule has 0 spiro atoms. The first-order chi connectivity index (χ1) is 12.8. The van der Waals surface area contributed by atoms with Gasteiger partial charge in [-0.25, -0.2) is 4.98 Å². The number of anilines is 1. The van der Waals surface area contributed by atoms with Gasteiger partial charge in [-0.15, -0.1) is 0 Å². The summed E-state index contributed by atoms with van der Waals surface area (Å²) in [5.74, 6) is -1.06. The summed E-state index contributed by atoms with van der Waals surface area (Å²) in [6.07, 6.45) is 3.43. The highest BCUT2D eigenvalue weighted by molar-refractivity contribution is 6.04. The van der Waals surface area contributed by atoms with Gasteiger partial charge in [0, 0.05) is 24.5 Å². The van der Waals surface area contributed by atoms with E-state index in [-0.39, 0.29) is 24.0 Å². The van der Waals surface area contributed by atoms with Crippen LogP contribution in [0, 0.1) is 5.92 Å². The van der Waals surface area contributed by atoms with Crippen LogP contribution in [0.3, 0.4) is 0 Å². The van der Waals surface area contributed by atoms with E-state index in [9.17, 15) is 23.1 Å². The number of halogens is 3. The molecule has 0 atom stereocenters. The summed E-state index contributed by atoms with van der Waals surface area (Å²) in [7, 11) is 0. The molecule has 0 aromatic carbocycles. The Morgan fingerprint density at radius 2 is 1.96 bits per heavy atom. The zero-order valence-corrected chi connectivity index (χ0v) is 14.7. The van der Waals surface area contributed by atoms with E-state index in [0.717, 1.165) is 49.3 Å². The zero-order chi connectivity index (χ0) is 19.4. The van der Waals surface area contributed by atoms with Crippen LogP contribution in [-0.2, 0) is 12.7 Å². The van der Waals surface area contributed by atoms with Crippen LogP contribution in [-0.4, -0.2) is 25.8 Å². The van der Waals surface area contributed by atoms with Gasteiger partial charge in [-0.2, -0.15) is 18.3 Å². The van der Waals surface area contributed by atoms with Gasteiger partial charge < -0.3 is 10.4 Å². The first kappa shape index (κ1) is 19.2. The first-order valence-electron chi connectivity index (χ1n) is 8.94. The maximum absolute atomic E-state index is 13.4. The molecule has 2 heterocycles. The maximum Gasteiger partial charge on any atom is 0.420 e. The molecule has 0 saturated heterocycles. The Bertz CT molecular complexity index is 796. The van der Waals surface area contributed by atoms with Gasteiger partial charge in [0.05, 0.1) is 6.20 Å². The molecule has 9 heteroatoms. The smallest absolute Gasteiger partial charge is 0.420 e. The van der Waals surface area contributed by atoms with Gasteiger partial charge in [0.15, 0.2) is 0 Å². The summed E-state index contributed by atoms with van der Waals surface area (Å²) in [5, 5.41) is 15.6. The number of hydrogen-bond acceptors (Lipinski definition) is 4. The lowest BCUT2D eigenvalue weighted by atomic mass is 10.0. The van der Waals surface area contributed by atoms with E-state index in [1.807, 2.05) is 0 Å². The Morgan fingerprint density at radius 3 is 2.59 bits per heavy atom. The molecular weight excluding hydrogens is 361 g/mol. The van der Waals surface area contributed by atoms with Crippen LogP contribution >= 0.6 is 0 Å². The van der Waals surface area contributed by atoms with Crippen molar-refractivity contribution in [2.45, 2.75) is 51.2 Å². The summed E-state index contributed by atoms with van der Waals surface area (Å²) in [5.41, 5.74) is -1.42. The number of amides is 1. The monoisotopic (exact) mass is 382 g/mol. The second-order valence-electron chi connectivity index (χ2n) is 6.80. The number of hydrogen-bond donors (Lipinski definition) is 2. The minimum absolute atomic E-state index is 0.155. The summed E-state index contributed by atoms with van der Waals surface area (Å²) in [6, 6.07) is 2.55. The van der Waals surface area contributed by atoms with E-state index in [2.05, 4.69) is 15.4 Å². The van der Waals surface area contributed by atoms with E-state index in [1.54, 1.807) is 0 Å². The number of carbonyl (C=O) groups excluding carboxylic acids is 1. The quantitative estimate of drug-likeness (QED) is 0.776. The molecule has 2 N–H and O–H groups in total. The van der Waals surface area contributed by atoms with Crippen LogP contribution in [0.25, 0.3) is 0 Å². The Labute approximate surface area is 154 Å². The van der Waals surface area contributed by atoms with Crippen LogP contribution in [0.15, 0.2) is 24.5 Å². The van der Waals surface area contributed by atoms with Gasteiger partial charge in [0.25, 0.3) is 5.91 Å². The third-order valence-corrected chi connectivity index (χ3v) is 4.77. The normalized spacial score (nSPS) is 16.1. The number of pyridine rings is 1. The second kappa shape index (κ2) is 7.98. The molecule has 0 aliphatic heterocycles. The second-order valence-corrected chi connectivity index (χ2v) is 6.80. The first-order valence-corrected chi connectivity index (χ1v) is 8.94. The van der Waals surface area contributed by atoms with Gasteiger partial charge in [0.1, 0.15) is 11.3 Å². The zero-order valence-electron chi connectivity index (χ0n) is 14.7. The molecule has 0 radical (unpaired) electrons. The maximum atomic E-state index is 13.4. The molecule has 1 fully saturated rings. The molecular formula is C18H21F3N4O2. The van der Waals surface area contributed by atoms with E-state index < -0.39 is 23.3 Å². The molecule has 1 aliphatic carbocycles. The molecule has 0 bridgehead atoms. The highest BCUT2D eigenvalue weighted by atomic mass is 19.4. The summed E-state index contributed by atoms with van der Waals surface area (Å²) in [4.78, 5) is 16.2. The van der Waals surface area contributed by atoms with Gasteiger partial charge in [-0.3, -0.25) is 9.48 Å². The predicted octanol–water partition coefficient (Wildman–Crippen LogP) is 4.23. The van der Waals surface area contributed by atoms with E-state index in [1.165, 1.54) is 12.3 Å². The lowest BCUT2D eigenvalue weighted by molar-refractivity contribution is -0.138. The molecule has 6 nitrogen and oxygen atoms in total. The summed E-state index contributed by atoms with van der Waals surface area (Å²) >= 11 is 0. The molecule has 2 aromatic rings. The highest BCUT2D eigenvalue weighted by Gasteiger charge is 2.39. The van der Waals surface area contributed by atoms with Gasteiger partial charge >= 0.3 is 6.18 Å². The van der Waals surface area contributed by atoms with Crippen molar-refractivity contribution in [2.75, 3.05) is 5.32 Å². The molecule has 3 rings (SSSR count). The molecule has 2 aromatic heterocycles. The fourth-order valence-electron chi connectivity index (χ4n) is 3.45. The average molecular weight is 382 g/mol. The van der Waals surface area contributed by atoms with Crippen LogP contribution in [0.5, 0.6) is 5.88 Å². The fourth-order valence-corrected chi connectivity index (χ4v) is 3.45. The number of alkyl halides is 3. The van der Waals surface area contributed by atoms with Gasteiger partial charge in [-0.1, -0.05) is 25.7 Å². The Balaban J connectivity index is 1.88. The number of carbonyl (C=O) groups is 1. The largest absolute Gasteiger partial charge is 0.493 e. The van der Waals surface area contributed by atoms with Crippen molar-refractivity contribution in [1.82, 2.24) is 14.8 Å². The fraction of sp³-hybridized carbons (Fsp3) is 0.500. The molecule has 1 saturated carbocycles. The number of rotatable bonds is 4. The third kappa shape index (κ3) is 4.78. The summed E-state index contributed by atoms with van der Waals surface area (Å²) < 4.78 is 41.3. The van der Waals surface area contributed by atoms with Crippen LogP contribution in [0.4, 0.5) is 18.9 Å². The predicted molar refractivity (Wildman–Crippen MR) is 92.3 cm³/mol. The van der Waals surface area contributed by atoms with E-state index in [4.69, 9.17) is 0 Å². The standard InChI is InChI=1S/C18H21F3N4O2/c19-18(20,21)14-10-23-25(11-12-5-3-1-2-4-6-12)16(14)17(27)24-13-7-8-22-15(26)9-13/h7-10,12H,1-6,11H2,(H2,22,24,26,27). The molecule has 1 amide bonds. The van der Waals surface area contributed by atoms with Crippen LogP contribution in [0.2, 0.25) is 0 Å². The minimum atomic E-state index is -4.69. The van der Waals surface area contributed by atoms with Crippen LogP contribution in [0.1, 0.15) is 54.6 Å². The lowest BCUT2D eigenvalue weighted by Crippen LogP contribution is -2.24. The van der Waals surface area contributed by atoms with Crippen molar-refractivity contribution in [3.8, 4) is 5.88 Å². The Morgan fingerprint density at radius 1 is 1.26 bits per heavy atom. The van der Waals surface area contributed by atoms with E-state index >= 15 is 0 Å². The van der Waals surface area contributed by atoms with Crippen molar-refractivity contribution in [1.29, 1.82) is 0 Å². The van der Waals surface area contributed by atoms with E-state index in [0.29, 0.717) is 6.20 Å². The molecule has 0 unspecified atom stereocenters. The molecule has 27 heavy (non-hydrogen) atoms. The third-order valence-electron chi connectivity index (χ3n) is 4.77. The number of nitrogens with one attached hydrogen (secondary N) is 1. The van der Waals surface area contributed by atoms with Crippen molar-refractivity contribution in [3.63, 3.8) is 0 Å².